The van der Waals surface area contributed by atoms with E-state index in [4.69, 9.17) is 16.3 Å². The molecule has 1 heterocycles. The molecule has 1 aliphatic heterocycles. The fraction of sp³-hybridized carbons (Fsp3) is 0.538. The Labute approximate surface area is 108 Å². The minimum absolute atomic E-state index is 0.438. The molecule has 1 aromatic rings. The molecule has 1 N–H and O–H groups in total. The van der Waals surface area contributed by atoms with E-state index >= 15 is 0 Å². The van der Waals surface area contributed by atoms with Crippen molar-refractivity contribution in [3.8, 4) is 5.75 Å². The summed E-state index contributed by atoms with van der Waals surface area (Å²) in [4.78, 5) is 2.37. The van der Waals surface area contributed by atoms with Gasteiger partial charge in [-0.25, -0.2) is 0 Å². The second-order valence-corrected chi connectivity index (χ2v) is 4.84. The molecule has 0 aliphatic carbocycles. The molecule has 3 nitrogen and oxygen atoms in total. The van der Waals surface area contributed by atoms with Crippen molar-refractivity contribution in [1.29, 1.82) is 0 Å². The van der Waals surface area contributed by atoms with Gasteiger partial charge in [0.25, 0.3) is 0 Å². The lowest BCUT2D eigenvalue weighted by atomic mass is 10.0. The van der Waals surface area contributed by atoms with Gasteiger partial charge in [-0.05, 0) is 37.7 Å². The van der Waals surface area contributed by atoms with Gasteiger partial charge in [-0.15, -0.1) is 0 Å². The summed E-state index contributed by atoms with van der Waals surface area (Å²) >= 11 is 6.18. The molecule has 0 radical (unpaired) electrons. The highest BCUT2D eigenvalue weighted by Gasteiger charge is 2.19. The zero-order valence-corrected chi connectivity index (χ0v) is 11.1. The van der Waals surface area contributed by atoms with Crippen molar-refractivity contribution in [2.45, 2.75) is 12.5 Å². The zero-order chi connectivity index (χ0) is 12.3. The Bertz CT molecular complexity index is 384. The third-order valence-corrected chi connectivity index (χ3v) is 3.62. The van der Waals surface area contributed by atoms with Crippen LogP contribution in [-0.2, 0) is 0 Å². The molecule has 4 heteroatoms. The van der Waals surface area contributed by atoms with Crippen molar-refractivity contribution >= 4 is 11.6 Å². The normalized spacial score (nSPS) is 22.2. The van der Waals surface area contributed by atoms with Gasteiger partial charge in [0.1, 0.15) is 5.75 Å². The first-order chi connectivity index (χ1) is 8.22. The molecule has 1 aliphatic rings. The number of nitrogens with one attached hydrogen (secondary N) is 1. The summed E-state index contributed by atoms with van der Waals surface area (Å²) in [5.74, 6) is 0.741. The van der Waals surface area contributed by atoms with Crippen LogP contribution in [0.15, 0.2) is 18.2 Å². The summed E-state index contributed by atoms with van der Waals surface area (Å²) in [7, 11) is 3.80. The number of ether oxygens (including phenoxy) is 1. The van der Waals surface area contributed by atoms with Crippen molar-refractivity contribution < 1.29 is 4.74 Å². The summed E-state index contributed by atoms with van der Waals surface area (Å²) in [5, 5.41) is 4.11. The molecule has 17 heavy (non-hydrogen) atoms. The first-order valence-corrected chi connectivity index (χ1v) is 6.34. The lowest BCUT2D eigenvalue weighted by Gasteiger charge is -2.26. The van der Waals surface area contributed by atoms with Gasteiger partial charge in [-0.3, -0.25) is 4.90 Å². The predicted molar refractivity (Wildman–Crippen MR) is 70.9 cm³/mol. The van der Waals surface area contributed by atoms with Gasteiger partial charge >= 0.3 is 0 Å². The third-order valence-electron chi connectivity index (χ3n) is 3.33. The maximum atomic E-state index is 6.18. The second kappa shape index (κ2) is 5.71. The smallest absolute Gasteiger partial charge is 0.137 e. The monoisotopic (exact) mass is 254 g/mol. The standard InChI is InChI=1S/C13H19ClN2O/c1-16-8-7-15-6-5-12(16)10-3-4-13(17-2)11(14)9-10/h3-4,9,12,15H,5-8H2,1-2H3. The SMILES string of the molecule is COc1ccc(C2CCNCCN2C)cc1Cl. The molecule has 1 fully saturated rings. The minimum atomic E-state index is 0.438. The maximum Gasteiger partial charge on any atom is 0.137 e. The lowest BCUT2D eigenvalue weighted by molar-refractivity contribution is 0.258. The van der Waals surface area contributed by atoms with E-state index < -0.39 is 0 Å². The third kappa shape index (κ3) is 2.92. The van der Waals surface area contributed by atoms with E-state index in [0.29, 0.717) is 11.1 Å². The van der Waals surface area contributed by atoms with Gasteiger partial charge in [0.05, 0.1) is 12.1 Å². The molecule has 2 rings (SSSR count). The van der Waals surface area contributed by atoms with E-state index in [9.17, 15) is 0 Å². The number of hydrogen-bond acceptors (Lipinski definition) is 3. The van der Waals surface area contributed by atoms with Crippen LogP contribution in [0, 0.1) is 0 Å². The largest absolute Gasteiger partial charge is 0.495 e. The number of nitrogens with zero attached hydrogens (tertiary/aromatic N) is 1. The fourth-order valence-corrected chi connectivity index (χ4v) is 2.57. The number of benzene rings is 1. The number of likely N-dealkylation sites (N-methyl/N-ethyl adjacent to an activating group) is 1. The van der Waals surface area contributed by atoms with Gasteiger partial charge in [0, 0.05) is 19.1 Å². The van der Waals surface area contributed by atoms with E-state index in [1.165, 1.54) is 5.56 Å². The predicted octanol–water partition coefficient (Wildman–Crippen LogP) is 2.31. The van der Waals surface area contributed by atoms with Crippen molar-refractivity contribution in [3.63, 3.8) is 0 Å². The second-order valence-electron chi connectivity index (χ2n) is 4.43. The van der Waals surface area contributed by atoms with Crippen molar-refractivity contribution in [2.75, 3.05) is 33.8 Å². The zero-order valence-electron chi connectivity index (χ0n) is 10.4. The summed E-state index contributed by atoms with van der Waals surface area (Å²) < 4.78 is 5.18. The van der Waals surface area contributed by atoms with Crippen LogP contribution in [0.3, 0.4) is 0 Å². The van der Waals surface area contributed by atoms with Gasteiger partial charge in [-0.2, -0.15) is 0 Å². The van der Waals surface area contributed by atoms with Crippen molar-refractivity contribution in [2.24, 2.45) is 0 Å². The Kier molecular flexibility index (Phi) is 4.26. The highest BCUT2D eigenvalue weighted by atomic mass is 35.5. The Morgan fingerprint density at radius 2 is 2.24 bits per heavy atom. The quantitative estimate of drug-likeness (QED) is 0.877. The molecule has 1 aromatic carbocycles. The van der Waals surface area contributed by atoms with Crippen LogP contribution in [0.5, 0.6) is 5.75 Å². The molecule has 1 saturated heterocycles. The topological polar surface area (TPSA) is 24.5 Å². The van der Waals surface area contributed by atoms with E-state index in [1.54, 1.807) is 7.11 Å². The number of rotatable bonds is 2. The van der Waals surface area contributed by atoms with E-state index in [2.05, 4.69) is 23.3 Å². The fourth-order valence-electron chi connectivity index (χ4n) is 2.31. The lowest BCUT2D eigenvalue weighted by Crippen LogP contribution is -2.26. The minimum Gasteiger partial charge on any atom is -0.495 e. The Hall–Kier alpha value is -0.770. The highest BCUT2D eigenvalue weighted by molar-refractivity contribution is 6.32. The number of hydrogen-bond donors (Lipinski definition) is 1. The van der Waals surface area contributed by atoms with Gasteiger partial charge in [-0.1, -0.05) is 17.7 Å². The highest BCUT2D eigenvalue weighted by Crippen LogP contribution is 2.31. The molecule has 1 atom stereocenters. The molecule has 0 amide bonds. The maximum absolute atomic E-state index is 6.18. The summed E-state index contributed by atoms with van der Waals surface area (Å²) in [5.41, 5.74) is 1.27. The van der Waals surface area contributed by atoms with Crippen molar-refractivity contribution in [3.05, 3.63) is 28.8 Å². The van der Waals surface area contributed by atoms with Gasteiger partial charge < -0.3 is 10.1 Å². The molecule has 0 saturated carbocycles. The molecular weight excluding hydrogens is 236 g/mol. The van der Waals surface area contributed by atoms with Crippen LogP contribution in [0.4, 0.5) is 0 Å². The molecule has 0 spiro atoms. The van der Waals surface area contributed by atoms with Gasteiger partial charge in [0.15, 0.2) is 0 Å². The Morgan fingerprint density at radius 3 is 2.94 bits per heavy atom. The summed E-state index contributed by atoms with van der Waals surface area (Å²) in [6.07, 6.45) is 1.11. The van der Waals surface area contributed by atoms with Gasteiger partial charge in [0.2, 0.25) is 0 Å². The van der Waals surface area contributed by atoms with Crippen LogP contribution in [0.1, 0.15) is 18.0 Å². The molecule has 94 valence electrons. The Balaban J connectivity index is 2.22. The number of halogens is 1. The average molecular weight is 255 g/mol. The van der Waals surface area contributed by atoms with E-state index in [1.807, 2.05) is 12.1 Å². The van der Waals surface area contributed by atoms with Crippen LogP contribution < -0.4 is 10.1 Å². The van der Waals surface area contributed by atoms with E-state index in [-0.39, 0.29) is 0 Å². The average Bonchev–Trinajstić information content (AvgIpc) is 2.54. The first-order valence-electron chi connectivity index (χ1n) is 5.97. The van der Waals surface area contributed by atoms with Crippen LogP contribution in [-0.4, -0.2) is 38.7 Å². The molecule has 1 unspecified atom stereocenters. The molecule has 0 bridgehead atoms. The van der Waals surface area contributed by atoms with Crippen LogP contribution >= 0.6 is 11.6 Å². The Morgan fingerprint density at radius 1 is 1.41 bits per heavy atom. The van der Waals surface area contributed by atoms with Crippen molar-refractivity contribution in [1.82, 2.24) is 10.2 Å². The van der Waals surface area contributed by atoms with Crippen LogP contribution in [0.25, 0.3) is 0 Å². The summed E-state index contributed by atoms with van der Waals surface area (Å²) in [6, 6.07) is 6.52. The first kappa shape index (κ1) is 12.7. The van der Waals surface area contributed by atoms with E-state index in [0.717, 1.165) is 31.8 Å². The molecule has 0 aromatic heterocycles. The number of methoxy groups -OCH3 is 1. The van der Waals surface area contributed by atoms with Crippen LogP contribution in [0.2, 0.25) is 5.02 Å². The molecular formula is C13H19ClN2O. The summed E-state index contributed by atoms with van der Waals surface area (Å²) in [6.45, 7) is 3.17.